The van der Waals surface area contributed by atoms with Crippen molar-refractivity contribution in [3.8, 4) is 11.8 Å². The minimum Gasteiger partial charge on any atom is -0.496 e. The van der Waals surface area contributed by atoms with Gasteiger partial charge in [0.1, 0.15) is 18.2 Å². The van der Waals surface area contributed by atoms with E-state index in [-0.39, 0.29) is 25.0 Å². The summed E-state index contributed by atoms with van der Waals surface area (Å²) in [5, 5.41) is 4.69. The number of hydrogen-bond acceptors (Lipinski definition) is 5. The second-order valence-electron chi connectivity index (χ2n) is 5.85. The molecule has 0 atom stereocenters. The van der Waals surface area contributed by atoms with Crippen LogP contribution in [-0.4, -0.2) is 23.1 Å². The number of rotatable bonds is 7. The van der Waals surface area contributed by atoms with Crippen LogP contribution in [0.5, 0.6) is 11.8 Å². The number of para-hydroxylation sites is 1. The molecule has 0 unspecified atom stereocenters. The molecule has 3 rings (SSSR count). The van der Waals surface area contributed by atoms with E-state index in [0.29, 0.717) is 11.3 Å². The largest absolute Gasteiger partial charge is 0.496 e. The Morgan fingerprint density at radius 2 is 1.76 bits per heavy atom. The number of carbonyl (C=O) groups is 1. The van der Waals surface area contributed by atoms with E-state index in [2.05, 4.69) is 20.6 Å². The third kappa shape index (κ3) is 5.38. The normalized spacial score (nSPS) is 10.3. The zero-order valence-electron chi connectivity index (χ0n) is 15.5. The lowest BCUT2D eigenvalue weighted by Crippen LogP contribution is -2.29. The highest BCUT2D eigenvalue weighted by atomic mass is 19.1. The number of urea groups is 1. The number of hydrogen-bond donors (Lipinski definition) is 2. The molecule has 2 aromatic carbocycles. The second kappa shape index (κ2) is 9.45. The van der Waals surface area contributed by atoms with Gasteiger partial charge in [-0.15, -0.1) is 0 Å². The monoisotopic (exact) mass is 400 g/mol. The van der Waals surface area contributed by atoms with Gasteiger partial charge >= 0.3 is 12.0 Å². The van der Waals surface area contributed by atoms with Crippen molar-refractivity contribution in [1.29, 1.82) is 0 Å². The molecule has 2 amide bonds. The minimum atomic E-state index is -0.837. The van der Waals surface area contributed by atoms with E-state index < -0.39 is 17.7 Å². The minimum absolute atomic E-state index is 0.0671. The van der Waals surface area contributed by atoms with Crippen molar-refractivity contribution in [2.75, 3.05) is 12.4 Å². The van der Waals surface area contributed by atoms with Crippen LogP contribution >= 0.6 is 0 Å². The number of benzene rings is 2. The van der Waals surface area contributed by atoms with Gasteiger partial charge in [0.2, 0.25) is 0 Å². The first-order chi connectivity index (χ1) is 14.1. The fraction of sp³-hybridized carbons (Fsp3) is 0.150. The van der Waals surface area contributed by atoms with Crippen LogP contribution in [0, 0.1) is 11.6 Å². The predicted molar refractivity (Wildman–Crippen MR) is 102 cm³/mol. The van der Waals surface area contributed by atoms with E-state index in [1.807, 2.05) is 12.1 Å². The van der Waals surface area contributed by atoms with Crippen LogP contribution in [0.4, 0.5) is 19.4 Å². The van der Waals surface area contributed by atoms with E-state index in [9.17, 15) is 13.6 Å². The van der Waals surface area contributed by atoms with Crippen LogP contribution in [-0.2, 0) is 13.2 Å². The second-order valence-corrected chi connectivity index (χ2v) is 5.85. The van der Waals surface area contributed by atoms with E-state index >= 15 is 0 Å². The molecule has 0 aliphatic carbocycles. The Morgan fingerprint density at radius 3 is 2.52 bits per heavy atom. The predicted octanol–water partition coefficient (Wildman–Crippen LogP) is 3.66. The van der Waals surface area contributed by atoms with Crippen LogP contribution in [0.1, 0.15) is 11.1 Å². The van der Waals surface area contributed by atoms with Gasteiger partial charge in [-0.1, -0.05) is 36.4 Å². The number of ether oxygens (including phenoxy) is 2. The molecule has 0 aliphatic rings. The molecule has 7 nitrogen and oxygen atoms in total. The number of aromatic nitrogens is 2. The van der Waals surface area contributed by atoms with E-state index in [0.717, 1.165) is 11.8 Å². The molecular formula is C20H18F2N4O3. The highest BCUT2D eigenvalue weighted by molar-refractivity contribution is 5.88. The SMILES string of the molecule is COc1ccccc1COc1ncc(F)c(NC(=O)NCc2ccccc2F)n1. The summed E-state index contributed by atoms with van der Waals surface area (Å²) in [4.78, 5) is 19.6. The van der Waals surface area contributed by atoms with Crippen LogP contribution in [0.25, 0.3) is 0 Å². The lowest BCUT2D eigenvalue weighted by molar-refractivity contribution is 0.251. The van der Waals surface area contributed by atoms with Crippen molar-refractivity contribution in [1.82, 2.24) is 15.3 Å². The molecular weight excluding hydrogens is 382 g/mol. The van der Waals surface area contributed by atoms with Crippen LogP contribution in [0.15, 0.2) is 54.7 Å². The summed E-state index contributed by atoms with van der Waals surface area (Å²) in [7, 11) is 1.54. The Bertz CT molecular complexity index is 1000. The number of nitrogens with one attached hydrogen (secondary N) is 2. The maximum Gasteiger partial charge on any atom is 0.320 e. The first kappa shape index (κ1) is 20.0. The van der Waals surface area contributed by atoms with Gasteiger partial charge in [-0.05, 0) is 12.1 Å². The summed E-state index contributed by atoms with van der Waals surface area (Å²) in [6.45, 7) is 0.0247. The average Bonchev–Trinajstić information content (AvgIpc) is 2.74. The standard InChI is InChI=1S/C20H18F2N4O3/c1-28-17-9-5-3-7-14(17)12-29-20-24-11-16(22)18(26-20)25-19(27)23-10-13-6-2-4-8-15(13)21/h2-9,11H,10,12H2,1H3,(H2,23,24,25,26,27). The number of nitrogens with zero attached hydrogens (tertiary/aromatic N) is 2. The summed E-state index contributed by atoms with van der Waals surface area (Å²) in [6, 6.07) is 12.3. The van der Waals surface area contributed by atoms with Crippen molar-refractivity contribution >= 4 is 11.8 Å². The molecule has 150 valence electrons. The van der Waals surface area contributed by atoms with Crippen LogP contribution < -0.4 is 20.1 Å². The number of halogens is 2. The Balaban J connectivity index is 1.61. The zero-order valence-corrected chi connectivity index (χ0v) is 15.5. The van der Waals surface area contributed by atoms with E-state index in [1.54, 1.807) is 24.3 Å². The topological polar surface area (TPSA) is 85.4 Å². The molecule has 0 radical (unpaired) electrons. The summed E-state index contributed by atoms with van der Waals surface area (Å²) in [5.41, 5.74) is 1.05. The molecule has 2 N–H and O–H groups in total. The highest BCUT2D eigenvalue weighted by Gasteiger charge is 2.13. The molecule has 9 heteroatoms. The van der Waals surface area contributed by atoms with Crippen LogP contribution in [0.2, 0.25) is 0 Å². The molecule has 0 bridgehead atoms. The molecule has 0 saturated carbocycles. The summed E-state index contributed by atoms with van der Waals surface area (Å²) >= 11 is 0. The van der Waals surface area contributed by atoms with Gasteiger partial charge in [-0.25, -0.2) is 18.6 Å². The molecule has 3 aromatic rings. The maximum absolute atomic E-state index is 13.9. The summed E-state index contributed by atoms with van der Waals surface area (Å²) in [5.74, 6) is -1.02. The first-order valence-electron chi connectivity index (χ1n) is 8.62. The summed E-state index contributed by atoms with van der Waals surface area (Å²) < 4.78 is 38.2. The van der Waals surface area contributed by atoms with Gasteiger partial charge in [-0.3, -0.25) is 5.32 Å². The number of carbonyl (C=O) groups excluding carboxylic acids is 1. The molecule has 1 heterocycles. The number of anilines is 1. The van der Waals surface area contributed by atoms with Crippen molar-refractivity contribution < 1.29 is 23.0 Å². The van der Waals surface area contributed by atoms with Gasteiger partial charge in [0.15, 0.2) is 11.6 Å². The molecule has 0 fully saturated rings. The van der Waals surface area contributed by atoms with Crippen molar-refractivity contribution in [2.45, 2.75) is 13.2 Å². The van der Waals surface area contributed by atoms with Gasteiger partial charge < -0.3 is 14.8 Å². The highest BCUT2D eigenvalue weighted by Crippen LogP contribution is 2.20. The zero-order chi connectivity index (χ0) is 20.6. The fourth-order valence-electron chi connectivity index (χ4n) is 2.44. The quantitative estimate of drug-likeness (QED) is 0.632. The van der Waals surface area contributed by atoms with Crippen molar-refractivity contribution in [2.24, 2.45) is 0 Å². The molecule has 29 heavy (non-hydrogen) atoms. The van der Waals surface area contributed by atoms with Crippen molar-refractivity contribution in [3.05, 3.63) is 77.5 Å². The van der Waals surface area contributed by atoms with E-state index in [1.165, 1.54) is 19.2 Å². The maximum atomic E-state index is 13.9. The number of amides is 2. The van der Waals surface area contributed by atoms with Gasteiger partial charge in [0.25, 0.3) is 0 Å². The van der Waals surface area contributed by atoms with Gasteiger partial charge in [0, 0.05) is 17.7 Å². The lowest BCUT2D eigenvalue weighted by atomic mass is 10.2. The molecule has 0 saturated heterocycles. The third-order valence-electron chi connectivity index (χ3n) is 3.90. The Kier molecular flexibility index (Phi) is 6.51. The van der Waals surface area contributed by atoms with E-state index in [4.69, 9.17) is 9.47 Å². The first-order valence-corrected chi connectivity index (χ1v) is 8.62. The fourth-order valence-corrected chi connectivity index (χ4v) is 2.44. The van der Waals surface area contributed by atoms with Gasteiger partial charge in [0.05, 0.1) is 13.3 Å². The average molecular weight is 400 g/mol. The Labute approximate surface area is 165 Å². The summed E-state index contributed by atoms with van der Waals surface area (Å²) in [6.07, 6.45) is 0.886. The number of methoxy groups -OCH3 is 1. The van der Waals surface area contributed by atoms with Crippen molar-refractivity contribution in [3.63, 3.8) is 0 Å². The molecule has 0 aliphatic heterocycles. The Hall–Kier alpha value is -3.75. The molecule has 0 spiro atoms. The lowest BCUT2D eigenvalue weighted by Gasteiger charge is -2.11. The third-order valence-corrected chi connectivity index (χ3v) is 3.90. The Morgan fingerprint density at radius 1 is 1.03 bits per heavy atom. The smallest absolute Gasteiger partial charge is 0.320 e. The van der Waals surface area contributed by atoms with Gasteiger partial charge in [-0.2, -0.15) is 4.98 Å². The van der Waals surface area contributed by atoms with Crippen LogP contribution in [0.3, 0.4) is 0 Å². The molecule has 1 aromatic heterocycles.